The van der Waals surface area contributed by atoms with E-state index in [2.05, 4.69) is 5.10 Å². The quantitative estimate of drug-likeness (QED) is 0.821. The molecule has 0 fully saturated rings. The van der Waals surface area contributed by atoms with E-state index in [1.165, 1.54) is 11.3 Å². The van der Waals surface area contributed by atoms with E-state index in [1.54, 1.807) is 12.1 Å². The molecule has 1 aromatic heterocycles. The molecule has 16 heavy (non-hydrogen) atoms. The van der Waals surface area contributed by atoms with Crippen molar-refractivity contribution >= 4 is 11.8 Å². The third kappa shape index (κ3) is 1.41. The second-order valence-corrected chi connectivity index (χ2v) is 4.92. The average Bonchev–Trinajstić information content (AvgIpc) is 2.83. The van der Waals surface area contributed by atoms with Crippen molar-refractivity contribution in [1.29, 1.82) is 0 Å². The van der Waals surface area contributed by atoms with E-state index < -0.39 is 0 Å². The monoisotopic (exact) mass is 232 g/mol. The predicted octanol–water partition coefficient (Wildman–Crippen LogP) is 2.63. The van der Waals surface area contributed by atoms with Crippen molar-refractivity contribution in [1.82, 2.24) is 9.78 Å². The largest absolute Gasteiger partial charge is 0.508 e. The maximum atomic E-state index is 9.48. The number of hydrogen-bond donors (Lipinski definition) is 1. The van der Waals surface area contributed by atoms with E-state index >= 15 is 0 Å². The molecule has 0 bridgehead atoms. The van der Waals surface area contributed by atoms with Crippen LogP contribution in [-0.2, 0) is 11.5 Å². The number of aryl methyl sites for hydroxylation is 1. The Morgan fingerprint density at radius 2 is 2.25 bits per heavy atom. The first kappa shape index (κ1) is 9.78. The molecule has 1 N–H and O–H groups in total. The molecule has 0 aliphatic carbocycles. The first-order valence-electron chi connectivity index (χ1n) is 5.20. The Balaban J connectivity index is 2.17. The summed E-state index contributed by atoms with van der Waals surface area (Å²) in [4.78, 5) is 0. The number of aromatic hydroxyl groups is 1. The first-order valence-corrected chi connectivity index (χ1v) is 6.35. The Morgan fingerprint density at radius 1 is 1.38 bits per heavy atom. The second-order valence-electron chi connectivity index (χ2n) is 3.94. The summed E-state index contributed by atoms with van der Waals surface area (Å²) in [6, 6.07) is 7.23. The molecular weight excluding hydrogens is 220 g/mol. The standard InChI is InChI=1S/C12H12N2OS/c1-8-11-6-16-7-12(11)14(13-8)9-3-2-4-10(15)5-9/h2-5,15H,6-7H2,1H3. The normalized spacial score (nSPS) is 14.1. The summed E-state index contributed by atoms with van der Waals surface area (Å²) in [6.07, 6.45) is 0. The SMILES string of the molecule is Cc1nn(-c2cccc(O)c2)c2c1CSC2. The number of hydrogen-bond acceptors (Lipinski definition) is 3. The van der Waals surface area contributed by atoms with Crippen LogP contribution in [0.2, 0.25) is 0 Å². The van der Waals surface area contributed by atoms with Gasteiger partial charge in [0.15, 0.2) is 0 Å². The highest BCUT2D eigenvalue weighted by Gasteiger charge is 2.21. The number of nitrogens with zero attached hydrogens (tertiary/aromatic N) is 2. The first-order chi connectivity index (χ1) is 7.75. The number of phenolic OH excluding ortho intramolecular Hbond substituents is 1. The van der Waals surface area contributed by atoms with E-state index in [0.717, 1.165) is 22.9 Å². The van der Waals surface area contributed by atoms with Gasteiger partial charge in [0.25, 0.3) is 0 Å². The second kappa shape index (κ2) is 3.56. The van der Waals surface area contributed by atoms with Gasteiger partial charge in [0, 0.05) is 23.1 Å². The number of aromatic nitrogens is 2. The van der Waals surface area contributed by atoms with Crippen LogP contribution in [0, 0.1) is 6.92 Å². The van der Waals surface area contributed by atoms with Crippen molar-refractivity contribution in [2.24, 2.45) is 0 Å². The Morgan fingerprint density at radius 3 is 3.06 bits per heavy atom. The molecule has 0 amide bonds. The number of thioether (sulfide) groups is 1. The summed E-state index contributed by atoms with van der Waals surface area (Å²) >= 11 is 1.91. The highest BCUT2D eigenvalue weighted by Crippen LogP contribution is 2.33. The van der Waals surface area contributed by atoms with Crippen molar-refractivity contribution in [3.8, 4) is 11.4 Å². The molecule has 0 atom stereocenters. The molecule has 2 heterocycles. The van der Waals surface area contributed by atoms with E-state index in [1.807, 2.05) is 35.5 Å². The molecule has 1 aliphatic rings. The van der Waals surface area contributed by atoms with Crippen LogP contribution < -0.4 is 0 Å². The lowest BCUT2D eigenvalue weighted by atomic mass is 10.2. The van der Waals surface area contributed by atoms with E-state index in [4.69, 9.17) is 0 Å². The topological polar surface area (TPSA) is 38.0 Å². The van der Waals surface area contributed by atoms with Crippen molar-refractivity contribution in [3.63, 3.8) is 0 Å². The molecular formula is C12H12N2OS. The van der Waals surface area contributed by atoms with Crippen LogP contribution in [0.3, 0.4) is 0 Å². The van der Waals surface area contributed by atoms with Crippen LogP contribution in [-0.4, -0.2) is 14.9 Å². The highest BCUT2D eigenvalue weighted by atomic mass is 32.2. The molecule has 82 valence electrons. The van der Waals surface area contributed by atoms with Gasteiger partial charge in [-0.1, -0.05) is 6.07 Å². The van der Waals surface area contributed by atoms with E-state index in [0.29, 0.717) is 0 Å². The molecule has 2 aromatic rings. The summed E-state index contributed by atoms with van der Waals surface area (Å²) in [5.41, 5.74) is 4.66. The average molecular weight is 232 g/mol. The molecule has 0 radical (unpaired) electrons. The predicted molar refractivity (Wildman–Crippen MR) is 65.0 cm³/mol. The van der Waals surface area contributed by atoms with Gasteiger partial charge in [-0.2, -0.15) is 16.9 Å². The van der Waals surface area contributed by atoms with Gasteiger partial charge >= 0.3 is 0 Å². The molecule has 0 saturated carbocycles. The lowest BCUT2D eigenvalue weighted by Crippen LogP contribution is -2.00. The van der Waals surface area contributed by atoms with Crippen LogP contribution in [0.4, 0.5) is 0 Å². The molecule has 3 nitrogen and oxygen atoms in total. The lowest BCUT2D eigenvalue weighted by molar-refractivity contribution is 0.474. The zero-order valence-corrected chi connectivity index (χ0v) is 9.79. The smallest absolute Gasteiger partial charge is 0.117 e. The number of rotatable bonds is 1. The van der Waals surface area contributed by atoms with Gasteiger partial charge in [-0.15, -0.1) is 0 Å². The lowest BCUT2D eigenvalue weighted by Gasteiger charge is -2.05. The maximum Gasteiger partial charge on any atom is 0.117 e. The Labute approximate surface area is 98.1 Å². The summed E-state index contributed by atoms with van der Waals surface area (Å²) in [6.45, 7) is 2.05. The zero-order chi connectivity index (χ0) is 11.1. The van der Waals surface area contributed by atoms with Crippen molar-refractivity contribution in [2.45, 2.75) is 18.4 Å². The van der Waals surface area contributed by atoms with Gasteiger partial charge in [-0.25, -0.2) is 4.68 Å². The van der Waals surface area contributed by atoms with Gasteiger partial charge < -0.3 is 5.11 Å². The minimum absolute atomic E-state index is 0.282. The maximum absolute atomic E-state index is 9.48. The molecule has 1 aromatic carbocycles. The third-order valence-electron chi connectivity index (χ3n) is 2.85. The fourth-order valence-electron chi connectivity index (χ4n) is 2.03. The van der Waals surface area contributed by atoms with Crippen LogP contribution in [0.25, 0.3) is 5.69 Å². The Bertz CT molecular complexity index is 548. The summed E-state index contributed by atoms with van der Waals surface area (Å²) in [5.74, 6) is 2.34. The Kier molecular flexibility index (Phi) is 2.17. The molecule has 0 saturated heterocycles. The minimum Gasteiger partial charge on any atom is -0.508 e. The minimum atomic E-state index is 0.282. The van der Waals surface area contributed by atoms with E-state index in [9.17, 15) is 5.11 Å². The zero-order valence-electron chi connectivity index (χ0n) is 8.97. The molecule has 1 aliphatic heterocycles. The van der Waals surface area contributed by atoms with Crippen LogP contribution in [0.15, 0.2) is 24.3 Å². The van der Waals surface area contributed by atoms with Gasteiger partial charge in [-0.05, 0) is 19.1 Å². The van der Waals surface area contributed by atoms with Gasteiger partial charge in [-0.3, -0.25) is 0 Å². The third-order valence-corrected chi connectivity index (χ3v) is 3.82. The van der Waals surface area contributed by atoms with Gasteiger partial charge in [0.1, 0.15) is 5.75 Å². The van der Waals surface area contributed by atoms with Crippen LogP contribution >= 0.6 is 11.8 Å². The van der Waals surface area contributed by atoms with Crippen LogP contribution in [0.1, 0.15) is 17.0 Å². The number of benzene rings is 1. The highest BCUT2D eigenvalue weighted by molar-refractivity contribution is 7.98. The Hall–Kier alpha value is -1.42. The molecule has 4 heteroatoms. The fraction of sp³-hybridized carbons (Fsp3) is 0.250. The van der Waals surface area contributed by atoms with E-state index in [-0.39, 0.29) is 5.75 Å². The molecule has 3 rings (SSSR count). The summed E-state index contributed by atoms with van der Waals surface area (Å²) < 4.78 is 1.95. The summed E-state index contributed by atoms with van der Waals surface area (Å²) in [7, 11) is 0. The van der Waals surface area contributed by atoms with Crippen LogP contribution in [0.5, 0.6) is 5.75 Å². The molecule has 0 unspecified atom stereocenters. The van der Waals surface area contributed by atoms with Crippen molar-refractivity contribution in [2.75, 3.05) is 0 Å². The van der Waals surface area contributed by atoms with Gasteiger partial charge in [0.05, 0.1) is 17.1 Å². The summed E-state index contributed by atoms with van der Waals surface area (Å²) in [5, 5.41) is 14.0. The molecule has 0 spiro atoms. The van der Waals surface area contributed by atoms with Gasteiger partial charge in [0.2, 0.25) is 0 Å². The number of phenols is 1. The van der Waals surface area contributed by atoms with Crippen molar-refractivity contribution < 1.29 is 5.11 Å². The van der Waals surface area contributed by atoms with Crippen molar-refractivity contribution in [3.05, 3.63) is 41.2 Å². The fourth-order valence-corrected chi connectivity index (χ4v) is 3.20. The number of fused-ring (bicyclic) bond motifs is 1.